The molecule has 6 heteroatoms. The van der Waals surface area contributed by atoms with Gasteiger partial charge in [-0.1, -0.05) is 30.3 Å². The summed E-state index contributed by atoms with van der Waals surface area (Å²) in [6.45, 7) is 0. The van der Waals surface area contributed by atoms with Gasteiger partial charge in [0, 0.05) is 23.9 Å². The van der Waals surface area contributed by atoms with E-state index in [4.69, 9.17) is 4.74 Å². The fourth-order valence-corrected chi connectivity index (χ4v) is 3.77. The number of piperidine rings is 1. The van der Waals surface area contributed by atoms with Crippen molar-refractivity contribution in [2.45, 2.75) is 24.7 Å². The number of hydrogen-bond donors (Lipinski definition) is 4. The Kier molecular flexibility index (Phi) is 4.29. The molecule has 25 heavy (non-hydrogen) atoms. The van der Waals surface area contributed by atoms with Gasteiger partial charge in [0.25, 0.3) is 0 Å². The highest BCUT2D eigenvalue weighted by atomic mass is 16.5. The van der Waals surface area contributed by atoms with Crippen LogP contribution in [0.1, 0.15) is 17.9 Å². The van der Waals surface area contributed by atoms with E-state index in [1.807, 2.05) is 42.5 Å². The van der Waals surface area contributed by atoms with E-state index in [-0.39, 0.29) is 30.1 Å². The fraction of sp³-hybridized carbons (Fsp3) is 0.316. The lowest BCUT2D eigenvalue weighted by molar-refractivity contribution is -0.125. The van der Waals surface area contributed by atoms with E-state index in [2.05, 4.69) is 33.6 Å². The van der Waals surface area contributed by atoms with Gasteiger partial charge in [-0.05, 0) is 29.8 Å². The highest BCUT2D eigenvalue weighted by Crippen LogP contribution is 2.38. The lowest BCUT2D eigenvalue weighted by atomic mass is 9.78. The summed E-state index contributed by atoms with van der Waals surface area (Å²) < 4.78 is 5.25. The van der Waals surface area contributed by atoms with E-state index in [9.17, 15) is 4.79 Å². The number of carbonyl (C=O) groups excluding carboxylic acids is 1. The van der Waals surface area contributed by atoms with Crippen molar-refractivity contribution in [1.82, 2.24) is 16.2 Å². The molecule has 1 amide bonds. The van der Waals surface area contributed by atoms with Crippen molar-refractivity contribution >= 4 is 11.6 Å². The molecule has 4 N–H and O–H groups in total. The van der Waals surface area contributed by atoms with Crippen molar-refractivity contribution in [3.8, 4) is 5.75 Å². The first-order chi connectivity index (χ1) is 12.2. The van der Waals surface area contributed by atoms with Gasteiger partial charge in [-0.15, -0.1) is 0 Å². The van der Waals surface area contributed by atoms with Gasteiger partial charge in [0.1, 0.15) is 5.75 Å². The topological polar surface area (TPSA) is 74.4 Å². The SMILES string of the molecule is COc1ccc(C2CC(=O)NC3NNC(Nc4ccccc4)C32)cc1. The highest BCUT2D eigenvalue weighted by Gasteiger charge is 2.46. The van der Waals surface area contributed by atoms with Crippen LogP contribution in [0.25, 0.3) is 0 Å². The molecule has 2 aromatic rings. The van der Waals surface area contributed by atoms with E-state index in [0.29, 0.717) is 6.42 Å². The zero-order valence-electron chi connectivity index (χ0n) is 14.0. The van der Waals surface area contributed by atoms with Crippen LogP contribution in [-0.2, 0) is 4.79 Å². The average molecular weight is 338 g/mol. The maximum atomic E-state index is 12.2. The second-order valence-corrected chi connectivity index (χ2v) is 6.48. The number of hydrazine groups is 1. The molecule has 2 aromatic carbocycles. The van der Waals surface area contributed by atoms with Crippen molar-refractivity contribution in [2.75, 3.05) is 12.4 Å². The van der Waals surface area contributed by atoms with Crippen LogP contribution in [-0.4, -0.2) is 25.3 Å². The lowest BCUT2D eigenvalue weighted by Crippen LogP contribution is -2.53. The minimum Gasteiger partial charge on any atom is -0.497 e. The molecule has 130 valence electrons. The summed E-state index contributed by atoms with van der Waals surface area (Å²) in [5.41, 5.74) is 8.70. The molecule has 0 radical (unpaired) electrons. The number of amides is 1. The summed E-state index contributed by atoms with van der Waals surface area (Å²) in [4.78, 5) is 12.2. The number of carbonyl (C=O) groups is 1. The Labute approximate surface area is 146 Å². The molecule has 0 bridgehead atoms. The predicted molar refractivity (Wildman–Crippen MR) is 95.9 cm³/mol. The molecular formula is C19H22N4O2. The molecule has 2 fully saturated rings. The summed E-state index contributed by atoms with van der Waals surface area (Å²) in [6, 6.07) is 18.1. The average Bonchev–Trinajstić information content (AvgIpc) is 3.04. The van der Waals surface area contributed by atoms with Gasteiger partial charge in [-0.2, -0.15) is 0 Å². The highest BCUT2D eigenvalue weighted by molar-refractivity contribution is 5.78. The maximum absolute atomic E-state index is 12.2. The Morgan fingerprint density at radius 2 is 1.80 bits per heavy atom. The van der Waals surface area contributed by atoms with Gasteiger partial charge in [0.05, 0.1) is 19.4 Å². The van der Waals surface area contributed by atoms with Crippen molar-refractivity contribution in [1.29, 1.82) is 0 Å². The largest absolute Gasteiger partial charge is 0.497 e. The second kappa shape index (κ2) is 6.74. The Morgan fingerprint density at radius 3 is 2.52 bits per heavy atom. The van der Waals surface area contributed by atoms with Crippen LogP contribution in [0.4, 0.5) is 5.69 Å². The summed E-state index contributed by atoms with van der Waals surface area (Å²) in [6.07, 6.45) is 0.388. The first-order valence-corrected chi connectivity index (χ1v) is 8.50. The number of ether oxygens (including phenoxy) is 1. The first kappa shape index (κ1) is 15.9. The Bertz CT molecular complexity index is 735. The number of fused-ring (bicyclic) bond motifs is 1. The van der Waals surface area contributed by atoms with Gasteiger partial charge in [0.2, 0.25) is 5.91 Å². The smallest absolute Gasteiger partial charge is 0.221 e. The van der Waals surface area contributed by atoms with E-state index >= 15 is 0 Å². The molecule has 0 aromatic heterocycles. The zero-order chi connectivity index (χ0) is 17.2. The van der Waals surface area contributed by atoms with E-state index in [1.165, 1.54) is 0 Å². The van der Waals surface area contributed by atoms with Gasteiger partial charge in [-0.3, -0.25) is 4.79 Å². The lowest BCUT2D eigenvalue weighted by Gasteiger charge is -2.36. The molecule has 2 heterocycles. The number of methoxy groups -OCH3 is 1. The van der Waals surface area contributed by atoms with Crippen molar-refractivity contribution in [2.24, 2.45) is 5.92 Å². The number of hydrogen-bond acceptors (Lipinski definition) is 5. The quantitative estimate of drug-likeness (QED) is 0.684. The third-order valence-corrected chi connectivity index (χ3v) is 4.99. The van der Waals surface area contributed by atoms with Crippen LogP contribution in [0, 0.1) is 5.92 Å². The molecule has 4 rings (SSSR count). The van der Waals surface area contributed by atoms with E-state index < -0.39 is 0 Å². The van der Waals surface area contributed by atoms with Crippen LogP contribution >= 0.6 is 0 Å². The molecule has 2 saturated heterocycles. The van der Waals surface area contributed by atoms with Crippen LogP contribution in [0.3, 0.4) is 0 Å². The maximum Gasteiger partial charge on any atom is 0.221 e. The minimum atomic E-state index is -0.102. The summed E-state index contributed by atoms with van der Waals surface area (Å²) >= 11 is 0. The first-order valence-electron chi connectivity index (χ1n) is 8.50. The van der Waals surface area contributed by atoms with E-state index in [0.717, 1.165) is 17.0 Å². The number of rotatable bonds is 4. The molecule has 0 aliphatic carbocycles. The zero-order valence-corrected chi connectivity index (χ0v) is 14.0. The molecule has 6 nitrogen and oxygen atoms in total. The summed E-state index contributed by atoms with van der Waals surface area (Å²) in [7, 11) is 1.66. The van der Waals surface area contributed by atoms with Gasteiger partial charge in [-0.25, -0.2) is 10.9 Å². The standard InChI is InChI=1S/C19H22N4O2/c1-25-14-9-7-12(8-10-14)15-11-16(24)21-19-17(15)18(22-23-19)20-13-5-3-2-4-6-13/h2-10,15,17-20,22-23H,11H2,1H3,(H,21,24). The monoisotopic (exact) mass is 338 g/mol. The molecular weight excluding hydrogens is 316 g/mol. The molecule has 0 saturated carbocycles. The van der Waals surface area contributed by atoms with Crippen molar-refractivity contribution in [3.05, 3.63) is 60.2 Å². The van der Waals surface area contributed by atoms with Gasteiger partial charge >= 0.3 is 0 Å². The molecule has 2 aliphatic heterocycles. The summed E-state index contributed by atoms with van der Waals surface area (Å²) in [5.74, 6) is 1.19. The third-order valence-electron chi connectivity index (χ3n) is 4.99. The number of benzene rings is 2. The van der Waals surface area contributed by atoms with Crippen molar-refractivity contribution in [3.63, 3.8) is 0 Å². The number of nitrogens with one attached hydrogen (secondary N) is 4. The summed E-state index contributed by atoms with van der Waals surface area (Å²) in [5, 5.41) is 6.57. The van der Waals surface area contributed by atoms with Crippen molar-refractivity contribution < 1.29 is 9.53 Å². The van der Waals surface area contributed by atoms with Crippen LogP contribution in [0.2, 0.25) is 0 Å². The van der Waals surface area contributed by atoms with Gasteiger partial charge < -0.3 is 15.4 Å². The Morgan fingerprint density at radius 1 is 1.04 bits per heavy atom. The normalized spacial score (nSPS) is 28.1. The van der Waals surface area contributed by atoms with E-state index in [1.54, 1.807) is 7.11 Å². The molecule has 4 unspecified atom stereocenters. The predicted octanol–water partition coefficient (Wildman–Crippen LogP) is 1.79. The van der Waals surface area contributed by atoms with Gasteiger partial charge in [0.15, 0.2) is 0 Å². The molecule has 4 atom stereocenters. The Hall–Kier alpha value is -2.57. The third kappa shape index (κ3) is 3.18. The Balaban J connectivity index is 1.60. The van der Waals surface area contributed by atoms with Crippen LogP contribution in [0.5, 0.6) is 5.75 Å². The van der Waals surface area contributed by atoms with Crippen LogP contribution in [0.15, 0.2) is 54.6 Å². The second-order valence-electron chi connectivity index (χ2n) is 6.48. The fourth-order valence-electron chi connectivity index (χ4n) is 3.77. The number of para-hydroxylation sites is 1. The number of anilines is 1. The molecule has 0 spiro atoms. The minimum absolute atomic E-state index is 0.0140. The molecule has 2 aliphatic rings. The van der Waals surface area contributed by atoms with Crippen LogP contribution < -0.4 is 26.2 Å².